The van der Waals surface area contributed by atoms with Gasteiger partial charge in [0.2, 0.25) is 0 Å². The van der Waals surface area contributed by atoms with E-state index in [4.69, 9.17) is 30.6 Å². The van der Waals surface area contributed by atoms with E-state index in [9.17, 15) is 1.37 Å². The van der Waals surface area contributed by atoms with E-state index in [1.165, 1.54) is 6.07 Å². The standard InChI is InChI=1S/C51H30N4O2/c1-2-13-31(14-3-1)49-52-50(32-26-28-47-41(29-32)38-18-7-10-23-45(38)56-47)54-51(53-49)33-25-27-36(39-19-12-20-40-37-17-6-11-24-46(37)57-48(39)40)44(30-33)55-42-21-8-4-15-34(42)35-16-5-9-22-43(35)55/h1-30H/i6D,12D,17D,19D,20D,24D. The van der Waals surface area contributed by atoms with Gasteiger partial charge in [-0.25, -0.2) is 15.0 Å². The molecule has 57 heavy (non-hydrogen) atoms. The van der Waals surface area contributed by atoms with E-state index < -0.39 is 0 Å². The molecule has 6 nitrogen and oxygen atoms in total. The lowest BCUT2D eigenvalue weighted by atomic mass is 9.98. The first-order chi connectivity index (χ1) is 30.7. The molecule has 0 atom stereocenters. The molecule has 0 aliphatic carbocycles. The average Bonchev–Trinajstić information content (AvgIpc) is 4.01. The zero-order chi connectivity index (χ0) is 42.7. The summed E-state index contributed by atoms with van der Waals surface area (Å²) in [6.45, 7) is 0. The fourth-order valence-electron chi connectivity index (χ4n) is 8.02. The van der Waals surface area contributed by atoms with E-state index in [1.807, 2.05) is 127 Å². The molecule has 0 unspecified atom stereocenters. The molecule has 0 fully saturated rings. The monoisotopic (exact) mass is 736 g/mol. The van der Waals surface area contributed by atoms with Gasteiger partial charge in [0.15, 0.2) is 17.5 Å². The van der Waals surface area contributed by atoms with Gasteiger partial charge in [0.05, 0.1) is 24.9 Å². The van der Waals surface area contributed by atoms with Crippen LogP contribution in [0.3, 0.4) is 0 Å². The third-order valence-electron chi connectivity index (χ3n) is 10.6. The van der Waals surface area contributed by atoms with Gasteiger partial charge in [-0.3, -0.25) is 0 Å². The number of rotatable bonds is 5. The molecule has 0 spiro atoms. The van der Waals surface area contributed by atoms with E-state index in [-0.39, 0.29) is 63.8 Å². The summed E-state index contributed by atoms with van der Waals surface area (Å²) < 4.78 is 68.1. The van der Waals surface area contributed by atoms with Crippen LogP contribution in [0, 0.1) is 0 Å². The number of hydrogen-bond donors (Lipinski definition) is 0. The van der Waals surface area contributed by atoms with Gasteiger partial charge in [-0.15, -0.1) is 0 Å². The van der Waals surface area contributed by atoms with Crippen LogP contribution in [-0.4, -0.2) is 19.5 Å². The first-order valence-corrected chi connectivity index (χ1v) is 18.5. The van der Waals surface area contributed by atoms with Crippen molar-refractivity contribution in [2.45, 2.75) is 0 Å². The predicted molar refractivity (Wildman–Crippen MR) is 230 cm³/mol. The number of fused-ring (bicyclic) bond motifs is 9. The average molecular weight is 737 g/mol. The molecule has 0 saturated heterocycles. The minimum absolute atomic E-state index is 0.0218. The fraction of sp³-hybridized carbons (Fsp3) is 0. The summed E-state index contributed by atoms with van der Waals surface area (Å²) in [5.41, 5.74) is 6.99. The molecular formula is C51H30N4O2. The van der Waals surface area contributed by atoms with Crippen molar-refractivity contribution in [1.82, 2.24) is 19.5 Å². The lowest BCUT2D eigenvalue weighted by Gasteiger charge is -2.16. The third kappa shape index (κ3) is 4.94. The SMILES string of the molecule is [2H]c1cc([2H])c2oc3c(-c4ccc(-c5nc(-c6ccccc6)nc(-c6ccc7oc8ccccc8c7c6)n5)cc4-n4c5ccccc5c5ccccc54)c([2H])c([2H])c([2H])c3c2c1[2H]. The fourth-order valence-corrected chi connectivity index (χ4v) is 8.02. The van der Waals surface area contributed by atoms with E-state index in [0.29, 0.717) is 34.3 Å². The molecule has 0 aliphatic rings. The highest BCUT2D eigenvalue weighted by molar-refractivity contribution is 6.12. The lowest BCUT2D eigenvalue weighted by molar-refractivity contribution is 0.669. The Morgan fingerprint density at radius 1 is 0.404 bits per heavy atom. The Kier molecular flexibility index (Phi) is 5.64. The zero-order valence-electron chi connectivity index (χ0n) is 36.0. The second kappa shape index (κ2) is 12.3. The van der Waals surface area contributed by atoms with Crippen molar-refractivity contribution < 1.29 is 17.1 Å². The highest BCUT2D eigenvalue weighted by Gasteiger charge is 2.21. The summed E-state index contributed by atoms with van der Waals surface area (Å²) in [6, 6.07) is 45.2. The molecule has 4 aromatic heterocycles. The van der Waals surface area contributed by atoms with E-state index in [1.54, 1.807) is 0 Å². The van der Waals surface area contributed by atoms with E-state index in [2.05, 4.69) is 16.7 Å². The van der Waals surface area contributed by atoms with Crippen LogP contribution in [0.25, 0.3) is 117 Å². The van der Waals surface area contributed by atoms with Crippen LogP contribution in [0.15, 0.2) is 191 Å². The van der Waals surface area contributed by atoms with Crippen molar-refractivity contribution in [1.29, 1.82) is 0 Å². The summed E-state index contributed by atoms with van der Waals surface area (Å²) in [6.07, 6.45) is 0. The summed E-state index contributed by atoms with van der Waals surface area (Å²) in [4.78, 5) is 15.2. The largest absolute Gasteiger partial charge is 0.456 e. The van der Waals surface area contributed by atoms with Gasteiger partial charge in [-0.2, -0.15) is 0 Å². The van der Waals surface area contributed by atoms with Gasteiger partial charge in [0.1, 0.15) is 22.3 Å². The van der Waals surface area contributed by atoms with Crippen LogP contribution in [0.2, 0.25) is 0 Å². The minimum Gasteiger partial charge on any atom is -0.456 e. The smallest absolute Gasteiger partial charge is 0.164 e. The quantitative estimate of drug-likeness (QED) is 0.176. The van der Waals surface area contributed by atoms with Gasteiger partial charge < -0.3 is 13.4 Å². The predicted octanol–water partition coefficient (Wildman–Crippen LogP) is 13.4. The van der Waals surface area contributed by atoms with E-state index >= 15 is 0 Å². The summed E-state index contributed by atoms with van der Waals surface area (Å²) in [5.74, 6) is 1.33. The van der Waals surface area contributed by atoms with Crippen LogP contribution in [-0.2, 0) is 0 Å². The first kappa shape index (κ1) is 26.1. The number of aromatic nitrogens is 4. The summed E-state index contributed by atoms with van der Waals surface area (Å²) >= 11 is 0. The second-order valence-corrected chi connectivity index (χ2v) is 13.9. The van der Waals surface area contributed by atoms with Crippen LogP contribution in [0.5, 0.6) is 0 Å². The molecule has 12 aromatic rings. The maximum Gasteiger partial charge on any atom is 0.164 e. The molecule has 266 valence electrons. The Hall–Kier alpha value is -7.83. The number of furan rings is 2. The summed E-state index contributed by atoms with van der Waals surface area (Å²) in [7, 11) is 0. The van der Waals surface area contributed by atoms with Crippen LogP contribution < -0.4 is 0 Å². The topological polar surface area (TPSA) is 69.9 Å². The van der Waals surface area contributed by atoms with Crippen molar-refractivity contribution in [3.05, 3.63) is 182 Å². The normalized spacial score (nSPS) is 13.3. The van der Waals surface area contributed by atoms with Gasteiger partial charge in [0.25, 0.3) is 0 Å². The number of nitrogens with zero attached hydrogens (tertiary/aromatic N) is 4. The maximum absolute atomic E-state index is 9.44. The molecule has 0 N–H and O–H groups in total. The van der Waals surface area contributed by atoms with Gasteiger partial charge in [-0.1, -0.05) is 133 Å². The molecule has 12 rings (SSSR count). The third-order valence-corrected chi connectivity index (χ3v) is 10.6. The molecule has 0 aliphatic heterocycles. The Balaban J connectivity index is 1.17. The first-order valence-electron chi connectivity index (χ1n) is 21.5. The molecule has 0 amide bonds. The van der Waals surface area contributed by atoms with Crippen molar-refractivity contribution in [3.63, 3.8) is 0 Å². The highest BCUT2D eigenvalue weighted by atomic mass is 16.3. The minimum atomic E-state index is -0.365. The van der Waals surface area contributed by atoms with Crippen LogP contribution in [0.1, 0.15) is 8.22 Å². The molecule has 6 heteroatoms. The Morgan fingerprint density at radius 3 is 1.82 bits per heavy atom. The summed E-state index contributed by atoms with van der Waals surface area (Å²) in [5, 5.41) is 4.15. The van der Waals surface area contributed by atoms with Gasteiger partial charge in [-0.05, 0) is 48.5 Å². The van der Waals surface area contributed by atoms with Crippen molar-refractivity contribution in [3.8, 4) is 51.0 Å². The van der Waals surface area contributed by atoms with E-state index in [0.717, 1.165) is 54.9 Å². The highest BCUT2D eigenvalue weighted by Crippen LogP contribution is 2.42. The lowest BCUT2D eigenvalue weighted by Crippen LogP contribution is -2.02. The van der Waals surface area contributed by atoms with Crippen LogP contribution in [0.4, 0.5) is 0 Å². The van der Waals surface area contributed by atoms with Crippen molar-refractivity contribution >= 4 is 65.7 Å². The number of para-hydroxylation sites is 5. The maximum atomic E-state index is 9.44. The Labute approximate surface area is 334 Å². The Bertz CT molecular complexity index is 3840. The molecule has 0 radical (unpaired) electrons. The van der Waals surface area contributed by atoms with Gasteiger partial charge in [0, 0.05) is 60.1 Å². The molecule has 8 aromatic carbocycles. The molecule has 4 heterocycles. The molecule has 0 bridgehead atoms. The molecular weight excluding hydrogens is 701 g/mol. The number of hydrogen-bond acceptors (Lipinski definition) is 5. The zero-order valence-corrected chi connectivity index (χ0v) is 30.0. The second-order valence-electron chi connectivity index (χ2n) is 13.9. The van der Waals surface area contributed by atoms with Crippen molar-refractivity contribution in [2.75, 3.05) is 0 Å². The van der Waals surface area contributed by atoms with Gasteiger partial charge >= 0.3 is 0 Å². The van der Waals surface area contributed by atoms with Crippen LogP contribution >= 0.6 is 0 Å². The van der Waals surface area contributed by atoms with Crippen molar-refractivity contribution in [2.24, 2.45) is 0 Å². The number of benzene rings is 8. The Morgan fingerprint density at radius 2 is 1.04 bits per heavy atom. The molecule has 0 saturated carbocycles.